The van der Waals surface area contributed by atoms with E-state index in [1.54, 1.807) is 0 Å². The summed E-state index contributed by atoms with van der Waals surface area (Å²) in [5.41, 5.74) is 5.27. The molecule has 0 aromatic heterocycles. The molecule has 0 spiro atoms. The molecule has 0 saturated carbocycles. The van der Waals surface area contributed by atoms with Crippen molar-refractivity contribution in [2.45, 2.75) is 47.1 Å². The Morgan fingerprint density at radius 1 is 1.04 bits per heavy atom. The van der Waals surface area contributed by atoms with Crippen molar-refractivity contribution in [3.63, 3.8) is 0 Å². The zero-order chi connectivity index (χ0) is 17.7. The van der Waals surface area contributed by atoms with Gasteiger partial charge in [0.05, 0.1) is 12.6 Å². The van der Waals surface area contributed by atoms with E-state index in [0.717, 1.165) is 17.7 Å². The zero-order valence-corrected chi connectivity index (χ0v) is 15.3. The van der Waals surface area contributed by atoms with Crippen molar-refractivity contribution in [2.24, 2.45) is 0 Å². The van der Waals surface area contributed by atoms with Gasteiger partial charge in [-0.05, 0) is 69.0 Å². The number of carbonyl (C=O) groups is 1. The highest BCUT2D eigenvalue weighted by molar-refractivity contribution is 5.94. The maximum Gasteiger partial charge on any atom is 0.251 e. The lowest BCUT2D eigenvalue weighted by Gasteiger charge is -2.20. The summed E-state index contributed by atoms with van der Waals surface area (Å²) in [5, 5.41) is 3.16. The van der Waals surface area contributed by atoms with Gasteiger partial charge in [0.25, 0.3) is 5.91 Å². The highest BCUT2D eigenvalue weighted by atomic mass is 16.5. The molecule has 128 valence electrons. The Kier molecular flexibility index (Phi) is 6.02. The third kappa shape index (κ3) is 4.16. The van der Waals surface area contributed by atoms with E-state index in [4.69, 9.17) is 4.74 Å². The fourth-order valence-electron chi connectivity index (χ4n) is 2.97. The SMILES string of the molecule is CCOc1ccc(C(=O)N[C@@H](CC)c2ccc(C)cc2C)cc1C. The van der Waals surface area contributed by atoms with Crippen molar-refractivity contribution in [2.75, 3.05) is 6.61 Å². The maximum atomic E-state index is 12.6. The number of hydrogen-bond acceptors (Lipinski definition) is 2. The molecule has 1 amide bonds. The Balaban J connectivity index is 2.19. The van der Waals surface area contributed by atoms with Crippen molar-refractivity contribution in [1.29, 1.82) is 0 Å². The lowest BCUT2D eigenvalue weighted by atomic mass is 9.97. The molecule has 0 radical (unpaired) electrons. The molecule has 2 aromatic carbocycles. The lowest BCUT2D eigenvalue weighted by Crippen LogP contribution is -2.28. The van der Waals surface area contributed by atoms with Crippen LogP contribution in [0.15, 0.2) is 36.4 Å². The van der Waals surface area contributed by atoms with E-state index < -0.39 is 0 Å². The standard InChI is InChI=1S/C21H27NO2/c1-6-19(18-10-8-14(3)12-15(18)4)22-21(23)17-9-11-20(24-7-2)16(5)13-17/h8-13,19H,6-7H2,1-5H3,(H,22,23)/t19-/m0/s1. The summed E-state index contributed by atoms with van der Waals surface area (Å²) in [5.74, 6) is 0.781. The summed E-state index contributed by atoms with van der Waals surface area (Å²) in [6.07, 6.45) is 0.853. The average Bonchev–Trinajstić information content (AvgIpc) is 2.55. The van der Waals surface area contributed by atoms with E-state index in [1.165, 1.54) is 16.7 Å². The number of carbonyl (C=O) groups excluding carboxylic acids is 1. The van der Waals surface area contributed by atoms with E-state index in [1.807, 2.05) is 32.0 Å². The van der Waals surface area contributed by atoms with Crippen molar-refractivity contribution in [3.05, 3.63) is 64.2 Å². The van der Waals surface area contributed by atoms with Crippen molar-refractivity contribution in [3.8, 4) is 5.75 Å². The first-order valence-corrected chi connectivity index (χ1v) is 8.57. The first-order chi connectivity index (χ1) is 11.5. The van der Waals surface area contributed by atoms with Crippen molar-refractivity contribution < 1.29 is 9.53 Å². The molecular formula is C21H27NO2. The summed E-state index contributed by atoms with van der Waals surface area (Å²) < 4.78 is 5.54. The molecule has 0 aliphatic rings. The maximum absolute atomic E-state index is 12.6. The Hall–Kier alpha value is -2.29. The van der Waals surface area contributed by atoms with Gasteiger partial charge in [0.2, 0.25) is 0 Å². The van der Waals surface area contributed by atoms with Gasteiger partial charge in [-0.2, -0.15) is 0 Å². The molecule has 0 aliphatic carbocycles. The number of nitrogens with one attached hydrogen (secondary N) is 1. The predicted octanol–water partition coefficient (Wildman–Crippen LogP) is 4.89. The van der Waals surface area contributed by atoms with Crippen LogP contribution in [-0.4, -0.2) is 12.5 Å². The van der Waals surface area contributed by atoms with Crippen LogP contribution in [-0.2, 0) is 0 Å². The number of rotatable bonds is 6. The van der Waals surface area contributed by atoms with Crippen LogP contribution in [0.2, 0.25) is 0 Å². The molecule has 0 aliphatic heterocycles. The van der Waals surface area contributed by atoms with Gasteiger partial charge in [0, 0.05) is 5.56 Å². The van der Waals surface area contributed by atoms with Crippen LogP contribution < -0.4 is 10.1 Å². The third-order valence-electron chi connectivity index (χ3n) is 4.25. The number of aryl methyl sites for hydroxylation is 3. The molecule has 1 N–H and O–H groups in total. The van der Waals surface area contributed by atoms with E-state index in [2.05, 4.69) is 44.3 Å². The predicted molar refractivity (Wildman–Crippen MR) is 98.8 cm³/mol. The Labute approximate surface area is 145 Å². The van der Waals surface area contributed by atoms with Gasteiger partial charge in [-0.3, -0.25) is 4.79 Å². The van der Waals surface area contributed by atoms with E-state index in [-0.39, 0.29) is 11.9 Å². The molecule has 3 nitrogen and oxygen atoms in total. The fourth-order valence-corrected chi connectivity index (χ4v) is 2.97. The molecular weight excluding hydrogens is 298 g/mol. The van der Waals surface area contributed by atoms with E-state index in [0.29, 0.717) is 12.2 Å². The second kappa shape index (κ2) is 8.00. The van der Waals surface area contributed by atoms with Crippen LogP contribution in [0, 0.1) is 20.8 Å². The minimum Gasteiger partial charge on any atom is -0.494 e. The normalized spacial score (nSPS) is 11.9. The third-order valence-corrected chi connectivity index (χ3v) is 4.25. The molecule has 24 heavy (non-hydrogen) atoms. The molecule has 2 rings (SSSR count). The second-order valence-corrected chi connectivity index (χ2v) is 6.21. The van der Waals surface area contributed by atoms with Gasteiger partial charge in [-0.25, -0.2) is 0 Å². The van der Waals surface area contributed by atoms with Gasteiger partial charge in [0.1, 0.15) is 5.75 Å². The van der Waals surface area contributed by atoms with Crippen LogP contribution in [0.3, 0.4) is 0 Å². The summed E-state index contributed by atoms with van der Waals surface area (Å²) in [6, 6.07) is 12.0. The van der Waals surface area contributed by atoms with Gasteiger partial charge in [0.15, 0.2) is 0 Å². The molecule has 2 aromatic rings. The highest BCUT2D eigenvalue weighted by Crippen LogP contribution is 2.23. The van der Waals surface area contributed by atoms with Gasteiger partial charge in [-0.15, -0.1) is 0 Å². The van der Waals surface area contributed by atoms with Crippen LogP contribution >= 0.6 is 0 Å². The topological polar surface area (TPSA) is 38.3 Å². The van der Waals surface area contributed by atoms with Crippen molar-refractivity contribution >= 4 is 5.91 Å². The van der Waals surface area contributed by atoms with Crippen LogP contribution in [0.4, 0.5) is 0 Å². The monoisotopic (exact) mass is 325 g/mol. The molecule has 0 unspecified atom stereocenters. The molecule has 0 fully saturated rings. The van der Waals surface area contributed by atoms with Crippen LogP contribution in [0.1, 0.15) is 58.9 Å². The van der Waals surface area contributed by atoms with Gasteiger partial charge in [-0.1, -0.05) is 30.7 Å². The number of benzene rings is 2. The number of ether oxygens (including phenoxy) is 1. The quantitative estimate of drug-likeness (QED) is 0.821. The lowest BCUT2D eigenvalue weighted by molar-refractivity contribution is 0.0935. The minimum atomic E-state index is -0.0482. The Bertz CT molecular complexity index is 722. The van der Waals surface area contributed by atoms with Gasteiger partial charge < -0.3 is 10.1 Å². The molecule has 1 atom stereocenters. The van der Waals surface area contributed by atoms with Crippen LogP contribution in [0.5, 0.6) is 5.75 Å². The molecule has 0 saturated heterocycles. The number of amides is 1. The highest BCUT2D eigenvalue weighted by Gasteiger charge is 2.16. The zero-order valence-electron chi connectivity index (χ0n) is 15.3. The number of hydrogen-bond donors (Lipinski definition) is 1. The largest absolute Gasteiger partial charge is 0.494 e. The second-order valence-electron chi connectivity index (χ2n) is 6.21. The Morgan fingerprint density at radius 3 is 2.38 bits per heavy atom. The van der Waals surface area contributed by atoms with E-state index in [9.17, 15) is 4.79 Å². The summed E-state index contributed by atoms with van der Waals surface area (Å²) in [6.45, 7) is 10.8. The molecule has 0 heterocycles. The van der Waals surface area contributed by atoms with Crippen LogP contribution in [0.25, 0.3) is 0 Å². The first kappa shape index (κ1) is 18.1. The van der Waals surface area contributed by atoms with Gasteiger partial charge >= 0.3 is 0 Å². The molecule has 0 bridgehead atoms. The summed E-state index contributed by atoms with van der Waals surface area (Å²) >= 11 is 0. The summed E-state index contributed by atoms with van der Waals surface area (Å²) in [4.78, 5) is 12.6. The average molecular weight is 325 g/mol. The first-order valence-electron chi connectivity index (χ1n) is 8.57. The van der Waals surface area contributed by atoms with E-state index >= 15 is 0 Å². The van der Waals surface area contributed by atoms with Crippen molar-refractivity contribution in [1.82, 2.24) is 5.32 Å². The minimum absolute atomic E-state index is 0.0185. The smallest absolute Gasteiger partial charge is 0.251 e. The fraction of sp³-hybridized carbons (Fsp3) is 0.381. The molecule has 3 heteroatoms. The Morgan fingerprint density at radius 2 is 1.79 bits per heavy atom. The summed E-state index contributed by atoms with van der Waals surface area (Å²) in [7, 11) is 0.